The average Bonchev–Trinajstić information content (AvgIpc) is 2.38. The van der Waals surface area contributed by atoms with Crippen molar-refractivity contribution in [3.63, 3.8) is 0 Å². The molecule has 0 aliphatic carbocycles. The zero-order chi connectivity index (χ0) is 15.2. The summed E-state index contributed by atoms with van der Waals surface area (Å²) in [6.07, 6.45) is -3.02. The molecule has 0 aromatic heterocycles. The lowest BCUT2D eigenvalue weighted by Gasteiger charge is -2.11. The molecule has 0 aliphatic heterocycles. The third-order valence-corrected chi connectivity index (χ3v) is 2.60. The number of nitrogens with two attached hydrogens (primary N) is 1. The zero-order valence-corrected chi connectivity index (χ0v) is 10.5. The number of amidine groups is 1. The Morgan fingerprint density at radius 3 is 2.60 bits per heavy atom. The van der Waals surface area contributed by atoms with Crippen molar-refractivity contribution >= 4 is 11.5 Å². The van der Waals surface area contributed by atoms with Crippen molar-refractivity contribution in [2.24, 2.45) is 10.9 Å². The Bertz CT molecular complexity index is 474. The van der Waals surface area contributed by atoms with Crippen molar-refractivity contribution in [2.75, 3.05) is 11.9 Å². The number of nitrogens with zero attached hydrogens (tertiary/aromatic N) is 1. The maximum Gasteiger partial charge on any atom is 0.416 e. The smallest absolute Gasteiger partial charge is 0.409 e. The highest BCUT2D eigenvalue weighted by molar-refractivity contribution is 5.79. The fraction of sp³-hybridized carbons (Fsp3) is 0.417. The largest absolute Gasteiger partial charge is 0.416 e. The van der Waals surface area contributed by atoms with E-state index in [0.29, 0.717) is 25.3 Å². The number of unbranched alkanes of at least 4 members (excludes halogenated alkanes) is 1. The van der Waals surface area contributed by atoms with Gasteiger partial charge >= 0.3 is 6.18 Å². The topological polar surface area (TPSA) is 70.6 Å². The normalized spacial score (nSPS) is 12.5. The summed E-state index contributed by atoms with van der Waals surface area (Å²) in [6.45, 7) is 0.289. The number of anilines is 1. The molecule has 0 radical (unpaired) electrons. The lowest BCUT2D eigenvalue weighted by atomic mass is 10.1. The predicted octanol–water partition coefficient (Wildman–Crippen LogP) is 3.17. The molecule has 0 saturated carbocycles. The van der Waals surface area contributed by atoms with Crippen LogP contribution in [0.2, 0.25) is 0 Å². The number of nitrogens with one attached hydrogen (secondary N) is 1. The molecule has 0 bridgehead atoms. The summed E-state index contributed by atoms with van der Waals surface area (Å²) in [6, 6.07) is 2.21. The van der Waals surface area contributed by atoms with Gasteiger partial charge in [-0.15, -0.1) is 0 Å². The van der Waals surface area contributed by atoms with Crippen LogP contribution in [0, 0.1) is 5.82 Å². The molecule has 0 heterocycles. The van der Waals surface area contributed by atoms with E-state index in [0.717, 1.165) is 12.1 Å². The summed E-state index contributed by atoms with van der Waals surface area (Å²) in [5.41, 5.74) is 4.16. The molecule has 0 fully saturated rings. The van der Waals surface area contributed by atoms with Gasteiger partial charge in [0.2, 0.25) is 0 Å². The second-order valence-electron chi connectivity index (χ2n) is 4.17. The van der Waals surface area contributed by atoms with Crippen LogP contribution in [0.4, 0.5) is 23.2 Å². The molecule has 0 aliphatic rings. The van der Waals surface area contributed by atoms with Crippen LogP contribution in [0.3, 0.4) is 0 Å². The van der Waals surface area contributed by atoms with E-state index in [1.54, 1.807) is 0 Å². The highest BCUT2D eigenvalue weighted by Gasteiger charge is 2.31. The van der Waals surface area contributed by atoms with E-state index in [4.69, 9.17) is 10.9 Å². The van der Waals surface area contributed by atoms with Gasteiger partial charge < -0.3 is 16.3 Å². The summed E-state index contributed by atoms with van der Waals surface area (Å²) in [5.74, 6) is -0.662. The van der Waals surface area contributed by atoms with Crippen molar-refractivity contribution in [1.29, 1.82) is 0 Å². The van der Waals surface area contributed by atoms with Gasteiger partial charge in [-0.3, -0.25) is 0 Å². The Hall–Kier alpha value is -1.99. The van der Waals surface area contributed by atoms with Gasteiger partial charge in [0.1, 0.15) is 11.7 Å². The van der Waals surface area contributed by atoms with Gasteiger partial charge in [-0.05, 0) is 31.0 Å². The maximum atomic E-state index is 13.3. The molecule has 4 nitrogen and oxygen atoms in total. The number of hydrogen-bond acceptors (Lipinski definition) is 3. The summed E-state index contributed by atoms with van der Waals surface area (Å²) >= 11 is 0. The molecule has 1 aromatic rings. The Balaban J connectivity index is 2.51. The Morgan fingerprint density at radius 2 is 2.00 bits per heavy atom. The number of alkyl halides is 3. The lowest BCUT2D eigenvalue weighted by Crippen LogP contribution is -2.12. The summed E-state index contributed by atoms with van der Waals surface area (Å²) in [4.78, 5) is 0. The molecule has 0 atom stereocenters. The van der Waals surface area contributed by atoms with Crippen LogP contribution in [0.15, 0.2) is 23.4 Å². The molecule has 8 heteroatoms. The van der Waals surface area contributed by atoms with Crippen LogP contribution in [-0.2, 0) is 6.18 Å². The Kier molecular flexibility index (Phi) is 5.60. The van der Waals surface area contributed by atoms with Gasteiger partial charge in [-0.25, -0.2) is 4.39 Å². The molecule has 0 spiro atoms. The maximum absolute atomic E-state index is 13.3. The third kappa shape index (κ3) is 4.94. The summed E-state index contributed by atoms with van der Waals surface area (Å²) in [5, 5.41) is 13.7. The van der Waals surface area contributed by atoms with Crippen LogP contribution in [0.25, 0.3) is 0 Å². The first-order chi connectivity index (χ1) is 9.34. The molecule has 1 rings (SSSR count). The first-order valence-electron chi connectivity index (χ1n) is 5.91. The standard InChI is InChI=1S/C12H15F4N3O/c13-9-5-4-8(12(14,15)16)7-10(9)18-6-2-1-3-11(17)19-20/h4-5,7,18,20H,1-3,6H2,(H2,17,19). The van der Waals surface area contributed by atoms with Crippen LogP contribution in [0.1, 0.15) is 24.8 Å². The summed E-state index contributed by atoms with van der Waals surface area (Å²) < 4.78 is 50.8. The van der Waals surface area contributed by atoms with Gasteiger partial charge in [0.05, 0.1) is 11.3 Å². The first kappa shape index (κ1) is 16.1. The van der Waals surface area contributed by atoms with E-state index in [1.165, 1.54) is 0 Å². The number of hydrogen-bond donors (Lipinski definition) is 3. The highest BCUT2D eigenvalue weighted by Crippen LogP contribution is 2.31. The minimum Gasteiger partial charge on any atom is -0.409 e. The van der Waals surface area contributed by atoms with Gasteiger partial charge in [0.15, 0.2) is 0 Å². The number of oxime groups is 1. The van der Waals surface area contributed by atoms with E-state index < -0.39 is 17.6 Å². The molecule has 0 saturated heterocycles. The molecule has 0 amide bonds. The second kappa shape index (κ2) is 6.97. The molecule has 4 N–H and O–H groups in total. The van der Waals surface area contributed by atoms with E-state index in [-0.39, 0.29) is 18.1 Å². The van der Waals surface area contributed by atoms with Crippen molar-refractivity contribution in [2.45, 2.75) is 25.4 Å². The van der Waals surface area contributed by atoms with Crippen molar-refractivity contribution < 1.29 is 22.8 Å². The van der Waals surface area contributed by atoms with E-state index >= 15 is 0 Å². The van der Waals surface area contributed by atoms with E-state index in [9.17, 15) is 17.6 Å². The Labute approximate surface area is 113 Å². The van der Waals surface area contributed by atoms with Crippen molar-refractivity contribution in [3.05, 3.63) is 29.6 Å². The number of benzene rings is 1. The quantitative estimate of drug-likeness (QED) is 0.188. The fourth-order valence-corrected chi connectivity index (χ4v) is 1.54. The fourth-order valence-electron chi connectivity index (χ4n) is 1.54. The third-order valence-electron chi connectivity index (χ3n) is 2.60. The Morgan fingerprint density at radius 1 is 1.30 bits per heavy atom. The number of rotatable bonds is 6. The number of halogens is 4. The monoisotopic (exact) mass is 293 g/mol. The van der Waals surface area contributed by atoms with Gasteiger partial charge in [-0.2, -0.15) is 13.2 Å². The molecular formula is C12H15F4N3O. The van der Waals surface area contributed by atoms with E-state index in [2.05, 4.69) is 10.5 Å². The minimum absolute atomic E-state index is 0.0789. The lowest BCUT2D eigenvalue weighted by molar-refractivity contribution is -0.137. The first-order valence-corrected chi connectivity index (χ1v) is 5.91. The van der Waals surface area contributed by atoms with Gasteiger partial charge in [0.25, 0.3) is 0 Å². The van der Waals surface area contributed by atoms with E-state index in [1.807, 2.05) is 0 Å². The molecular weight excluding hydrogens is 278 g/mol. The van der Waals surface area contributed by atoms with Gasteiger partial charge in [0, 0.05) is 13.0 Å². The van der Waals surface area contributed by atoms with Crippen LogP contribution in [0.5, 0.6) is 0 Å². The average molecular weight is 293 g/mol. The molecule has 0 unspecified atom stereocenters. The van der Waals surface area contributed by atoms with Crippen LogP contribution in [-0.4, -0.2) is 17.6 Å². The van der Waals surface area contributed by atoms with Gasteiger partial charge in [-0.1, -0.05) is 5.16 Å². The molecule has 112 valence electrons. The minimum atomic E-state index is -4.50. The molecule has 20 heavy (non-hydrogen) atoms. The molecule has 1 aromatic carbocycles. The second-order valence-corrected chi connectivity index (χ2v) is 4.17. The SMILES string of the molecule is NC(CCCCNc1cc(C(F)(F)F)ccc1F)=NO. The van der Waals surface area contributed by atoms with Crippen LogP contribution < -0.4 is 11.1 Å². The summed E-state index contributed by atoms with van der Waals surface area (Å²) in [7, 11) is 0. The van der Waals surface area contributed by atoms with Crippen LogP contribution >= 0.6 is 0 Å². The zero-order valence-electron chi connectivity index (χ0n) is 10.5. The predicted molar refractivity (Wildman–Crippen MR) is 67.2 cm³/mol. The highest BCUT2D eigenvalue weighted by atomic mass is 19.4. The van der Waals surface area contributed by atoms with Crippen molar-refractivity contribution in [1.82, 2.24) is 0 Å². The van der Waals surface area contributed by atoms with Crippen molar-refractivity contribution in [3.8, 4) is 0 Å².